The van der Waals surface area contributed by atoms with Gasteiger partial charge in [-0.25, -0.2) is 0 Å². The predicted octanol–water partition coefficient (Wildman–Crippen LogP) is 2.77. The molecule has 0 radical (unpaired) electrons. The third kappa shape index (κ3) is 4.25. The second kappa shape index (κ2) is 7.94. The molecule has 2 aromatic rings. The normalized spacial score (nSPS) is 16.2. The smallest absolute Gasteiger partial charge is 0.121 e. The van der Waals surface area contributed by atoms with E-state index in [1.54, 1.807) is 37.5 Å². The Morgan fingerprint density at radius 2 is 1.80 bits per heavy atom. The molecule has 1 aliphatic rings. The standard InChI is InChI=1S/C20H24N2O3/c1-25-17-6-4-5-16(15-17)22-13-11-21(12-14-22)10-9-20(24)18-7-2-3-8-19(18)23/h2-10,15,20,23-24H,11-14H2,1H3. The highest BCUT2D eigenvalue weighted by Crippen LogP contribution is 2.25. The van der Waals surface area contributed by atoms with Crippen molar-refractivity contribution in [3.63, 3.8) is 0 Å². The van der Waals surface area contributed by atoms with Crippen LogP contribution in [0.3, 0.4) is 0 Å². The quantitative estimate of drug-likeness (QED) is 0.877. The molecule has 1 aliphatic heterocycles. The molecule has 3 rings (SSSR count). The van der Waals surface area contributed by atoms with E-state index in [0.29, 0.717) is 5.56 Å². The molecular weight excluding hydrogens is 316 g/mol. The third-order valence-electron chi connectivity index (χ3n) is 4.47. The molecule has 1 atom stereocenters. The van der Waals surface area contributed by atoms with Crippen LogP contribution < -0.4 is 9.64 Å². The van der Waals surface area contributed by atoms with Gasteiger partial charge in [0.25, 0.3) is 0 Å². The molecule has 2 aromatic carbocycles. The van der Waals surface area contributed by atoms with Crippen molar-refractivity contribution in [3.05, 3.63) is 66.4 Å². The Bertz CT molecular complexity index is 724. The minimum absolute atomic E-state index is 0.113. The monoisotopic (exact) mass is 340 g/mol. The second-order valence-electron chi connectivity index (χ2n) is 6.07. The largest absolute Gasteiger partial charge is 0.508 e. The number of phenolic OH excluding ortho intramolecular Hbond substituents is 1. The number of hydrogen-bond donors (Lipinski definition) is 2. The molecule has 1 saturated heterocycles. The summed E-state index contributed by atoms with van der Waals surface area (Å²) in [7, 11) is 1.68. The van der Waals surface area contributed by atoms with Gasteiger partial charge in [0.15, 0.2) is 0 Å². The lowest BCUT2D eigenvalue weighted by atomic mass is 10.1. The zero-order valence-electron chi connectivity index (χ0n) is 14.4. The number of aliphatic hydroxyl groups excluding tert-OH is 1. The Kier molecular flexibility index (Phi) is 5.46. The summed E-state index contributed by atoms with van der Waals surface area (Å²) in [4.78, 5) is 4.51. The number of anilines is 1. The number of rotatable bonds is 5. The number of phenols is 1. The van der Waals surface area contributed by atoms with E-state index in [1.165, 1.54) is 0 Å². The first kappa shape index (κ1) is 17.2. The van der Waals surface area contributed by atoms with E-state index in [9.17, 15) is 10.2 Å². The van der Waals surface area contributed by atoms with Crippen LogP contribution in [0, 0.1) is 0 Å². The number of nitrogens with zero attached hydrogens (tertiary/aromatic N) is 2. The van der Waals surface area contributed by atoms with Gasteiger partial charge in [-0.1, -0.05) is 24.3 Å². The summed E-state index contributed by atoms with van der Waals surface area (Å²) >= 11 is 0. The van der Waals surface area contributed by atoms with Crippen molar-refractivity contribution in [2.45, 2.75) is 6.10 Å². The van der Waals surface area contributed by atoms with E-state index in [0.717, 1.165) is 37.6 Å². The molecule has 132 valence electrons. The number of benzene rings is 2. The van der Waals surface area contributed by atoms with Gasteiger partial charge >= 0.3 is 0 Å². The van der Waals surface area contributed by atoms with Crippen LogP contribution in [-0.4, -0.2) is 48.4 Å². The van der Waals surface area contributed by atoms with Gasteiger partial charge in [0, 0.05) is 43.5 Å². The molecule has 5 nitrogen and oxygen atoms in total. The number of ether oxygens (including phenoxy) is 1. The third-order valence-corrected chi connectivity index (χ3v) is 4.47. The Morgan fingerprint density at radius 1 is 1.04 bits per heavy atom. The first-order valence-corrected chi connectivity index (χ1v) is 8.44. The molecule has 0 spiro atoms. The van der Waals surface area contributed by atoms with Gasteiger partial charge < -0.3 is 24.7 Å². The zero-order valence-corrected chi connectivity index (χ0v) is 14.4. The zero-order chi connectivity index (χ0) is 17.6. The van der Waals surface area contributed by atoms with Gasteiger partial charge in [0.05, 0.1) is 7.11 Å². The van der Waals surface area contributed by atoms with E-state index in [1.807, 2.05) is 24.4 Å². The minimum Gasteiger partial charge on any atom is -0.508 e. The lowest BCUT2D eigenvalue weighted by molar-refractivity contribution is 0.220. The van der Waals surface area contributed by atoms with Crippen molar-refractivity contribution in [1.82, 2.24) is 4.90 Å². The fraction of sp³-hybridized carbons (Fsp3) is 0.300. The van der Waals surface area contributed by atoms with Gasteiger partial charge in [-0.15, -0.1) is 0 Å². The number of methoxy groups -OCH3 is 1. The molecule has 0 aromatic heterocycles. The van der Waals surface area contributed by atoms with E-state index in [4.69, 9.17) is 4.74 Å². The maximum absolute atomic E-state index is 10.2. The molecule has 0 saturated carbocycles. The highest BCUT2D eigenvalue weighted by Gasteiger charge is 2.16. The van der Waals surface area contributed by atoms with Crippen LogP contribution in [0.15, 0.2) is 60.8 Å². The molecule has 1 heterocycles. The van der Waals surface area contributed by atoms with E-state index in [2.05, 4.69) is 15.9 Å². The van der Waals surface area contributed by atoms with Crippen molar-refractivity contribution in [3.8, 4) is 11.5 Å². The van der Waals surface area contributed by atoms with E-state index < -0.39 is 6.10 Å². The SMILES string of the molecule is COc1cccc(N2CCN(C=CC(O)c3ccccc3O)CC2)c1. The van der Waals surface area contributed by atoms with Crippen molar-refractivity contribution >= 4 is 5.69 Å². The molecule has 25 heavy (non-hydrogen) atoms. The summed E-state index contributed by atoms with van der Waals surface area (Å²) in [6.45, 7) is 3.57. The van der Waals surface area contributed by atoms with Crippen LogP contribution in [0.4, 0.5) is 5.69 Å². The number of aromatic hydroxyl groups is 1. The van der Waals surface area contributed by atoms with E-state index in [-0.39, 0.29) is 5.75 Å². The average Bonchev–Trinajstić information content (AvgIpc) is 2.67. The summed E-state index contributed by atoms with van der Waals surface area (Å²) < 4.78 is 5.29. The topological polar surface area (TPSA) is 56.2 Å². The molecule has 2 N–H and O–H groups in total. The summed E-state index contributed by atoms with van der Waals surface area (Å²) in [5.41, 5.74) is 1.69. The summed E-state index contributed by atoms with van der Waals surface area (Å²) in [6.07, 6.45) is 2.83. The highest BCUT2D eigenvalue weighted by atomic mass is 16.5. The fourth-order valence-corrected chi connectivity index (χ4v) is 2.98. The lowest BCUT2D eigenvalue weighted by Gasteiger charge is -2.35. The van der Waals surface area contributed by atoms with Crippen LogP contribution in [-0.2, 0) is 0 Å². The van der Waals surface area contributed by atoms with Gasteiger partial charge in [0.2, 0.25) is 0 Å². The van der Waals surface area contributed by atoms with Crippen LogP contribution >= 0.6 is 0 Å². The summed E-state index contributed by atoms with van der Waals surface area (Å²) in [6, 6.07) is 15.0. The second-order valence-corrected chi connectivity index (χ2v) is 6.07. The van der Waals surface area contributed by atoms with Crippen LogP contribution in [0.5, 0.6) is 11.5 Å². The van der Waals surface area contributed by atoms with Crippen LogP contribution in [0.25, 0.3) is 0 Å². The van der Waals surface area contributed by atoms with Gasteiger partial charge in [0.1, 0.15) is 17.6 Å². The minimum atomic E-state index is -0.808. The van der Waals surface area contributed by atoms with Gasteiger partial charge in [-0.3, -0.25) is 0 Å². The van der Waals surface area contributed by atoms with Crippen LogP contribution in [0.1, 0.15) is 11.7 Å². The number of para-hydroxylation sites is 1. The first-order chi connectivity index (χ1) is 12.2. The summed E-state index contributed by atoms with van der Waals surface area (Å²) in [5, 5.41) is 20.0. The molecule has 0 aliphatic carbocycles. The van der Waals surface area contributed by atoms with Gasteiger partial charge in [-0.05, 0) is 30.5 Å². The Labute approximate surface area is 148 Å². The number of hydrogen-bond acceptors (Lipinski definition) is 5. The van der Waals surface area contributed by atoms with Gasteiger partial charge in [-0.2, -0.15) is 0 Å². The predicted molar refractivity (Wildman–Crippen MR) is 99.0 cm³/mol. The van der Waals surface area contributed by atoms with Crippen molar-refractivity contribution in [2.75, 3.05) is 38.2 Å². The van der Waals surface area contributed by atoms with E-state index >= 15 is 0 Å². The maximum Gasteiger partial charge on any atom is 0.121 e. The maximum atomic E-state index is 10.2. The fourth-order valence-electron chi connectivity index (χ4n) is 2.98. The molecule has 0 bridgehead atoms. The molecule has 5 heteroatoms. The Hall–Kier alpha value is -2.66. The lowest BCUT2D eigenvalue weighted by Crippen LogP contribution is -2.44. The molecule has 1 unspecified atom stereocenters. The first-order valence-electron chi connectivity index (χ1n) is 8.44. The number of aliphatic hydroxyl groups is 1. The van der Waals surface area contributed by atoms with Crippen LogP contribution in [0.2, 0.25) is 0 Å². The van der Waals surface area contributed by atoms with Crippen molar-refractivity contribution in [2.24, 2.45) is 0 Å². The van der Waals surface area contributed by atoms with Crippen molar-refractivity contribution < 1.29 is 14.9 Å². The average molecular weight is 340 g/mol. The molecular formula is C20H24N2O3. The summed E-state index contributed by atoms with van der Waals surface area (Å²) in [5.74, 6) is 0.980. The Balaban J connectivity index is 1.56. The Morgan fingerprint density at radius 3 is 2.52 bits per heavy atom. The molecule has 0 amide bonds. The highest BCUT2D eigenvalue weighted by molar-refractivity contribution is 5.51. The molecule has 1 fully saturated rings. The van der Waals surface area contributed by atoms with Crippen molar-refractivity contribution in [1.29, 1.82) is 0 Å². The number of piperazine rings is 1.